The van der Waals surface area contributed by atoms with Crippen LogP contribution in [-0.2, 0) is 6.42 Å². The maximum atomic E-state index is 12.4. The molecule has 0 spiro atoms. The third kappa shape index (κ3) is 2.94. The molecular weight excluding hydrogens is 336 g/mol. The molecule has 0 amide bonds. The second-order valence-corrected chi connectivity index (χ2v) is 6.29. The summed E-state index contributed by atoms with van der Waals surface area (Å²) in [5, 5.41) is 5.17. The molecule has 0 aliphatic carbocycles. The summed E-state index contributed by atoms with van der Waals surface area (Å²) in [6.45, 7) is 1.86. The average Bonchev–Trinajstić information content (AvgIpc) is 2.92. The van der Waals surface area contributed by atoms with E-state index < -0.39 is 0 Å². The van der Waals surface area contributed by atoms with Crippen LogP contribution in [0.1, 0.15) is 17.0 Å². The molecule has 0 radical (unpaired) electrons. The summed E-state index contributed by atoms with van der Waals surface area (Å²) in [5.74, 6) is 0. The van der Waals surface area contributed by atoms with E-state index in [9.17, 15) is 4.79 Å². The van der Waals surface area contributed by atoms with E-state index in [2.05, 4.69) is 15.1 Å². The van der Waals surface area contributed by atoms with Crippen LogP contribution in [-0.4, -0.2) is 19.7 Å². The lowest BCUT2D eigenvalue weighted by molar-refractivity contribution is 0.871. The quantitative estimate of drug-likeness (QED) is 0.613. The fraction of sp³-hybridized carbons (Fsp3) is 0.105. The van der Waals surface area contributed by atoms with Gasteiger partial charge in [0.2, 0.25) is 0 Å². The van der Waals surface area contributed by atoms with Crippen molar-refractivity contribution in [3.8, 4) is 5.69 Å². The molecule has 4 rings (SSSR count). The molecule has 0 saturated carbocycles. The van der Waals surface area contributed by atoms with Crippen molar-refractivity contribution in [2.45, 2.75) is 13.3 Å². The molecular formula is C19H15ClN4O. The number of hydrogen-bond acceptors (Lipinski definition) is 3. The number of nitrogens with zero attached hydrogens (tertiary/aromatic N) is 3. The number of aromatic amines is 1. The highest BCUT2D eigenvalue weighted by Gasteiger charge is 2.14. The van der Waals surface area contributed by atoms with Crippen molar-refractivity contribution in [2.24, 2.45) is 0 Å². The van der Waals surface area contributed by atoms with Crippen LogP contribution in [0.3, 0.4) is 0 Å². The van der Waals surface area contributed by atoms with Crippen molar-refractivity contribution < 1.29 is 0 Å². The van der Waals surface area contributed by atoms with Crippen molar-refractivity contribution in [1.82, 2.24) is 19.7 Å². The van der Waals surface area contributed by atoms with Crippen molar-refractivity contribution >= 4 is 22.8 Å². The molecule has 1 N–H and O–H groups in total. The Morgan fingerprint density at radius 2 is 1.92 bits per heavy atom. The highest BCUT2D eigenvalue weighted by molar-refractivity contribution is 6.30. The Morgan fingerprint density at radius 3 is 2.68 bits per heavy atom. The molecule has 0 atom stereocenters. The zero-order valence-electron chi connectivity index (χ0n) is 13.5. The normalized spacial score (nSPS) is 11.1. The Bertz CT molecular complexity index is 1120. The summed E-state index contributed by atoms with van der Waals surface area (Å²) in [7, 11) is 0. The zero-order chi connectivity index (χ0) is 17.4. The number of benzene rings is 2. The molecule has 0 aliphatic rings. The molecule has 0 unspecified atom stereocenters. The predicted molar refractivity (Wildman–Crippen MR) is 98.5 cm³/mol. The van der Waals surface area contributed by atoms with E-state index in [1.165, 1.54) is 0 Å². The molecule has 4 aromatic rings. The highest BCUT2D eigenvalue weighted by Crippen LogP contribution is 2.18. The van der Waals surface area contributed by atoms with Gasteiger partial charge in [-0.1, -0.05) is 41.9 Å². The lowest BCUT2D eigenvalue weighted by Crippen LogP contribution is -2.16. The number of nitrogens with one attached hydrogen (secondary N) is 1. The van der Waals surface area contributed by atoms with Crippen LogP contribution >= 0.6 is 11.6 Å². The number of fused-ring (bicyclic) bond motifs is 1. The SMILES string of the molecule is Cc1nn(-c2ccccc2)c2nc(Cc3cccc(Cl)c3)c(=O)[nH]c12. The molecule has 124 valence electrons. The number of hydrogen-bond donors (Lipinski definition) is 1. The Labute approximate surface area is 148 Å². The zero-order valence-corrected chi connectivity index (χ0v) is 14.3. The number of halogens is 1. The van der Waals surface area contributed by atoms with Gasteiger partial charge in [0.1, 0.15) is 11.2 Å². The summed E-state index contributed by atoms with van der Waals surface area (Å²) in [6.07, 6.45) is 0.408. The highest BCUT2D eigenvalue weighted by atomic mass is 35.5. The monoisotopic (exact) mass is 350 g/mol. The molecule has 0 aliphatic heterocycles. The van der Waals surface area contributed by atoms with Gasteiger partial charge in [0.25, 0.3) is 5.56 Å². The van der Waals surface area contributed by atoms with E-state index in [-0.39, 0.29) is 5.56 Å². The van der Waals surface area contributed by atoms with E-state index in [1.807, 2.05) is 55.5 Å². The molecule has 2 heterocycles. The molecule has 0 fully saturated rings. The molecule has 6 heteroatoms. The van der Waals surface area contributed by atoms with Crippen molar-refractivity contribution in [3.05, 3.63) is 86.9 Å². The van der Waals surface area contributed by atoms with Crippen LogP contribution in [0.25, 0.3) is 16.9 Å². The van der Waals surface area contributed by atoms with Crippen LogP contribution in [0.5, 0.6) is 0 Å². The Kier molecular flexibility index (Phi) is 3.86. The number of aryl methyl sites for hydroxylation is 1. The third-order valence-electron chi connectivity index (χ3n) is 4.04. The van der Waals surface area contributed by atoms with Gasteiger partial charge in [-0.05, 0) is 36.8 Å². The number of para-hydroxylation sites is 1. The molecule has 2 aromatic heterocycles. The number of aromatic nitrogens is 4. The number of H-pyrrole nitrogens is 1. The van der Waals surface area contributed by atoms with Gasteiger partial charge in [0.15, 0.2) is 5.65 Å². The van der Waals surface area contributed by atoms with Gasteiger partial charge in [-0.25, -0.2) is 9.67 Å². The van der Waals surface area contributed by atoms with Gasteiger partial charge in [-0.15, -0.1) is 0 Å². The van der Waals surface area contributed by atoms with Gasteiger partial charge >= 0.3 is 0 Å². The van der Waals surface area contributed by atoms with Gasteiger partial charge in [0, 0.05) is 11.4 Å². The molecule has 2 aromatic carbocycles. The molecule has 5 nitrogen and oxygen atoms in total. The van der Waals surface area contributed by atoms with E-state index in [0.29, 0.717) is 28.3 Å². The maximum absolute atomic E-state index is 12.4. The van der Waals surface area contributed by atoms with Crippen LogP contribution in [0.4, 0.5) is 0 Å². The van der Waals surface area contributed by atoms with E-state index >= 15 is 0 Å². The van der Waals surface area contributed by atoms with Crippen molar-refractivity contribution in [3.63, 3.8) is 0 Å². The molecule has 0 saturated heterocycles. The lowest BCUT2D eigenvalue weighted by atomic mass is 10.1. The minimum atomic E-state index is -0.205. The van der Waals surface area contributed by atoms with E-state index in [0.717, 1.165) is 16.9 Å². The third-order valence-corrected chi connectivity index (χ3v) is 4.27. The first-order valence-electron chi connectivity index (χ1n) is 7.90. The van der Waals surface area contributed by atoms with Crippen molar-refractivity contribution in [2.75, 3.05) is 0 Å². The Morgan fingerprint density at radius 1 is 1.12 bits per heavy atom. The largest absolute Gasteiger partial charge is 0.316 e. The Balaban J connectivity index is 1.86. The fourth-order valence-corrected chi connectivity index (χ4v) is 3.05. The second kappa shape index (κ2) is 6.18. The van der Waals surface area contributed by atoms with Crippen LogP contribution in [0.15, 0.2) is 59.4 Å². The summed E-state index contributed by atoms with van der Waals surface area (Å²) in [5.41, 5.74) is 4.10. The van der Waals surface area contributed by atoms with Gasteiger partial charge in [-0.3, -0.25) is 4.79 Å². The van der Waals surface area contributed by atoms with Crippen molar-refractivity contribution in [1.29, 1.82) is 0 Å². The van der Waals surface area contributed by atoms with E-state index in [4.69, 9.17) is 11.6 Å². The van der Waals surface area contributed by atoms with E-state index in [1.54, 1.807) is 10.7 Å². The first-order chi connectivity index (χ1) is 12.1. The molecule has 0 bridgehead atoms. The topological polar surface area (TPSA) is 63.6 Å². The summed E-state index contributed by atoms with van der Waals surface area (Å²) in [6, 6.07) is 17.2. The first-order valence-corrected chi connectivity index (χ1v) is 8.28. The predicted octanol–water partition coefficient (Wildman–Crippen LogP) is 3.66. The first kappa shape index (κ1) is 15.6. The van der Waals surface area contributed by atoms with Gasteiger partial charge in [0.05, 0.1) is 11.4 Å². The summed E-state index contributed by atoms with van der Waals surface area (Å²) in [4.78, 5) is 20.0. The van der Waals surface area contributed by atoms with Crippen LogP contribution < -0.4 is 5.56 Å². The number of rotatable bonds is 3. The molecule has 25 heavy (non-hydrogen) atoms. The summed E-state index contributed by atoms with van der Waals surface area (Å²) < 4.78 is 1.75. The lowest BCUT2D eigenvalue weighted by Gasteiger charge is -2.04. The van der Waals surface area contributed by atoms with Gasteiger partial charge in [-0.2, -0.15) is 5.10 Å². The van der Waals surface area contributed by atoms with Crippen LogP contribution in [0, 0.1) is 6.92 Å². The van der Waals surface area contributed by atoms with Crippen LogP contribution in [0.2, 0.25) is 5.02 Å². The fourth-order valence-electron chi connectivity index (χ4n) is 2.84. The average molecular weight is 351 g/mol. The summed E-state index contributed by atoms with van der Waals surface area (Å²) >= 11 is 6.03. The minimum Gasteiger partial charge on any atom is -0.316 e. The standard InChI is InChI=1S/C19H15ClN4O/c1-12-17-18(24(23-12)15-8-3-2-4-9-15)21-16(19(25)22-17)11-13-6-5-7-14(20)10-13/h2-10H,11H2,1H3,(H,22,25). The second-order valence-electron chi connectivity index (χ2n) is 5.85. The Hall–Kier alpha value is -2.92. The van der Waals surface area contributed by atoms with Gasteiger partial charge < -0.3 is 4.98 Å². The minimum absolute atomic E-state index is 0.205. The smallest absolute Gasteiger partial charge is 0.270 e. The maximum Gasteiger partial charge on any atom is 0.270 e.